The summed E-state index contributed by atoms with van der Waals surface area (Å²) in [5.74, 6) is -4.73. The topological polar surface area (TPSA) is 55.3 Å². The Balaban J connectivity index is 3.02. The Bertz CT molecular complexity index is 492. The van der Waals surface area contributed by atoms with E-state index in [0.29, 0.717) is 5.56 Å². The lowest BCUT2D eigenvalue weighted by Crippen LogP contribution is -2.40. The van der Waals surface area contributed by atoms with Gasteiger partial charge in [0.05, 0.1) is 11.6 Å². The first-order chi connectivity index (χ1) is 9.49. The maximum Gasteiger partial charge on any atom is 0.298 e. The second-order valence-electron chi connectivity index (χ2n) is 5.82. The van der Waals surface area contributed by atoms with Gasteiger partial charge < -0.3 is 9.66 Å². The lowest BCUT2D eigenvalue weighted by atomic mass is 10.0. The van der Waals surface area contributed by atoms with Crippen molar-refractivity contribution in [2.75, 3.05) is 6.61 Å². The fourth-order valence-electron chi connectivity index (χ4n) is 1.58. The van der Waals surface area contributed by atoms with Crippen LogP contribution < -0.4 is 4.72 Å². The van der Waals surface area contributed by atoms with E-state index in [0.717, 1.165) is 12.1 Å². The summed E-state index contributed by atoms with van der Waals surface area (Å²) >= 11 is -1.38. The predicted molar refractivity (Wildman–Crippen MR) is 76.8 cm³/mol. The molecule has 0 heterocycles. The van der Waals surface area contributed by atoms with Gasteiger partial charge in [-0.25, -0.2) is 4.39 Å². The first-order valence-electron chi connectivity index (χ1n) is 6.45. The molecule has 3 nitrogen and oxygen atoms in total. The average molecular weight is 323 g/mol. The summed E-state index contributed by atoms with van der Waals surface area (Å²) < 4.78 is 54.7. The third-order valence-electron chi connectivity index (χ3n) is 2.92. The van der Waals surface area contributed by atoms with Crippen LogP contribution in [0.4, 0.5) is 13.2 Å². The van der Waals surface area contributed by atoms with Crippen LogP contribution in [0.5, 0.6) is 0 Å². The molecule has 0 radical (unpaired) electrons. The van der Waals surface area contributed by atoms with Crippen LogP contribution in [-0.2, 0) is 17.3 Å². The number of hydrogen-bond acceptors (Lipinski definition) is 3. The summed E-state index contributed by atoms with van der Waals surface area (Å²) in [7, 11) is 0. The van der Waals surface area contributed by atoms with Crippen molar-refractivity contribution in [3.8, 4) is 0 Å². The zero-order valence-corrected chi connectivity index (χ0v) is 13.2. The lowest BCUT2D eigenvalue weighted by Gasteiger charge is -2.27. The molecule has 0 saturated heterocycles. The Hall–Kier alpha value is -0.760. The highest BCUT2D eigenvalue weighted by Gasteiger charge is 2.35. The normalized spacial score (nSPS) is 15.9. The Morgan fingerprint density at radius 3 is 2.38 bits per heavy atom. The molecule has 2 unspecified atom stereocenters. The molecule has 1 rings (SSSR count). The number of nitrogens with one attached hydrogen (secondary N) is 1. The van der Waals surface area contributed by atoms with E-state index in [9.17, 15) is 17.7 Å². The summed E-state index contributed by atoms with van der Waals surface area (Å²) in [6, 6.07) is 2.76. The van der Waals surface area contributed by atoms with Crippen LogP contribution in [0.2, 0.25) is 0 Å². The maximum absolute atomic E-state index is 13.5. The number of rotatable bonds is 5. The molecule has 2 atom stereocenters. The molecule has 0 aliphatic heterocycles. The van der Waals surface area contributed by atoms with Gasteiger partial charge >= 0.3 is 0 Å². The van der Waals surface area contributed by atoms with Gasteiger partial charge in [0.2, 0.25) is 0 Å². The zero-order valence-electron chi connectivity index (χ0n) is 12.4. The molecule has 0 bridgehead atoms. The molecule has 0 aliphatic rings. The van der Waals surface area contributed by atoms with E-state index in [4.69, 9.17) is 5.11 Å². The monoisotopic (exact) mass is 323 g/mol. The highest BCUT2D eigenvalue weighted by molar-refractivity contribution is 7.90. The first-order valence-corrected chi connectivity index (χ1v) is 7.60. The minimum atomic E-state index is -3.65. The summed E-state index contributed by atoms with van der Waals surface area (Å²) in [6.45, 7) is 5.51. The lowest BCUT2D eigenvalue weighted by molar-refractivity contribution is -0.0583. The quantitative estimate of drug-likeness (QED) is 0.819. The van der Waals surface area contributed by atoms with E-state index in [-0.39, 0.29) is 0 Å². The summed E-state index contributed by atoms with van der Waals surface area (Å²) in [6.07, 6.45) is 0. The average Bonchev–Trinajstić information content (AvgIpc) is 2.37. The Morgan fingerprint density at radius 2 is 1.90 bits per heavy atom. The second kappa shape index (κ2) is 6.56. The van der Waals surface area contributed by atoms with Crippen molar-refractivity contribution in [1.82, 2.24) is 4.72 Å². The van der Waals surface area contributed by atoms with E-state index in [1.807, 2.05) is 0 Å². The molecule has 7 heteroatoms. The van der Waals surface area contributed by atoms with Crippen molar-refractivity contribution in [3.63, 3.8) is 0 Å². The van der Waals surface area contributed by atoms with Gasteiger partial charge in [-0.15, -0.1) is 4.72 Å². The predicted octanol–water partition coefficient (Wildman–Crippen LogP) is 3.02. The summed E-state index contributed by atoms with van der Waals surface area (Å²) in [5, 5.41) is 8.67. The smallest absolute Gasteiger partial charge is 0.298 e. The Labute approximate surface area is 125 Å². The van der Waals surface area contributed by atoms with E-state index in [2.05, 4.69) is 4.72 Å². The minimum absolute atomic E-state index is 0.372. The van der Waals surface area contributed by atoms with E-state index < -0.39 is 46.1 Å². The van der Waals surface area contributed by atoms with Crippen molar-refractivity contribution in [3.05, 3.63) is 35.1 Å². The number of benzene rings is 1. The van der Waals surface area contributed by atoms with Gasteiger partial charge in [0.15, 0.2) is 0 Å². The van der Waals surface area contributed by atoms with Crippen molar-refractivity contribution < 1.29 is 22.8 Å². The van der Waals surface area contributed by atoms with Crippen LogP contribution >= 0.6 is 0 Å². The molecule has 0 aliphatic carbocycles. The highest BCUT2D eigenvalue weighted by Crippen LogP contribution is 2.31. The molecular weight excluding hydrogens is 303 g/mol. The van der Waals surface area contributed by atoms with Crippen molar-refractivity contribution in [2.24, 2.45) is 0 Å². The third-order valence-corrected chi connectivity index (χ3v) is 4.60. The van der Waals surface area contributed by atoms with Crippen LogP contribution in [0.25, 0.3) is 0 Å². The molecule has 120 valence electrons. The van der Waals surface area contributed by atoms with Gasteiger partial charge in [-0.3, -0.25) is 0 Å². The molecule has 0 amide bonds. The van der Waals surface area contributed by atoms with Crippen molar-refractivity contribution >= 4 is 11.4 Å². The number of alkyl halides is 2. The van der Waals surface area contributed by atoms with Crippen LogP contribution in [0.3, 0.4) is 0 Å². The molecule has 21 heavy (non-hydrogen) atoms. The van der Waals surface area contributed by atoms with E-state index in [1.165, 1.54) is 6.07 Å². The van der Waals surface area contributed by atoms with Crippen LogP contribution in [0, 0.1) is 5.82 Å². The van der Waals surface area contributed by atoms with Gasteiger partial charge in [-0.1, -0.05) is 6.07 Å². The standard InChI is InChI=1S/C14H20F3NO2S/c1-9(18-21(20)13(2,3)4)10-5-6-12(15)11(7-10)14(16,17)8-19/h5-7,9,18-19H,8H2,1-4H3. The van der Waals surface area contributed by atoms with Crippen molar-refractivity contribution in [2.45, 2.75) is 44.4 Å². The summed E-state index contributed by atoms with van der Waals surface area (Å²) in [4.78, 5) is 0. The van der Waals surface area contributed by atoms with Gasteiger partial charge in [0, 0.05) is 11.4 Å². The van der Waals surface area contributed by atoms with Crippen LogP contribution in [0.15, 0.2) is 18.2 Å². The number of hydrogen-bond donors (Lipinski definition) is 2. The molecule has 1 aromatic carbocycles. The fraction of sp³-hybridized carbons (Fsp3) is 0.571. The van der Waals surface area contributed by atoms with E-state index in [1.54, 1.807) is 27.7 Å². The largest absolute Gasteiger partial charge is 0.598 e. The number of aliphatic hydroxyl groups excluding tert-OH is 1. The van der Waals surface area contributed by atoms with Gasteiger partial charge in [0.25, 0.3) is 5.92 Å². The zero-order chi connectivity index (χ0) is 16.4. The molecule has 2 N–H and O–H groups in total. The first kappa shape index (κ1) is 18.3. The SMILES string of the molecule is CC(N[S+]([O-])C(C)(C)C)c1ccc(F)c(C(F)(F)CO)c1. The second-order valence-corrected chi connectivity index (χ2v) is 7.82. The molecule has 0 fully saturated rings. The number of aliphatic hydroxyl groups is 1. The number of halogens is 3. The van der Waals surface area contributed by atoms with Gasteiger partial charge in [0.1, 0.15) is 17.2 Å². The molecular formula is C14H20F3NO2S. The van der Waals surface area contributed by atoms with Crippen LogP contribution in [-0.4, -0.2) is 21.0 Å². The van der Waals surface area contributed by atoms with Gasteiger partial charge in [-0.05, 0) is 45.4 Å². The third kappa shape index (κ3) is 4.60. The van der Waals surface area contributed by atoms with E-state index >= 15 is 0 Å². The Kier molecular flexibility index (Phi) is 5.71. The maximum atomic E-state index is 13.5. The van der Waals surface area contributed by atoms with Crippen molar-refractivity contribution in [1.29, 1.82) is 0 Å². The highest BCUT2D eigenvalue weighted by atomic mass is 32.2. The molecule has 0 spiro atoms. The molecule has 1 aromatic rings. The molecule has 0 aromatic heterocycles. The minimum Gasteiger partial charge on any atom is -0.598 e. The van der Waals surface area contributed by atoms with Crippen LogP contribution in [0.1, 0.15) is 44.9 Å². The fourth-order valence-corrected chi connectivity index (χ4v) is 2.39. The molecule has 0 saturated carbocycles. The summed E-state index contributed by atoms with van der Waals surface area (Å²) in [5.41, 5.74) is -0.491. The Morgan fingerprint density at radius 1 is 1.33 bits per heavy atom. The van der Waals surface area contributed by atoms with Gasteiger partial charge in [-0.2, -0.15) is 8.78 Å².